The molecule has 2 heterocycles. The van der Waals surface area contributed by atoms with Crippen molar-refractivity contribution in [1.82, 2.24) is 15.1 Å². The lowest BCUT2D eigenvalue weighted by Gasteiger charge is -2.36. The first-order chi connectivity index (χ1) is 12.0. The van der Waals surface area contributed by atoms with E-state index < -0.39 is 0 Å². The molecular weight excluding hydrogens is 370 g/mol. The normalized spacial score (nSPS) is 15.7. The molecule has 1 aliphatic rings. The minimum Gasteiger partial charge on any atom is -0.339 e. The smallest absolute Gasteiger partial charge is 0.264 e. The Bertz CT molecular complexity index is 784. The van der Waals surface area contributed by atoms with Crippen molar-refractivity contribution in [2.75, 3.05) is 39.8 Å². The highest BCUT2D eigenvalue weighted by Crippen LogP contribution is 2.31. The number of hydrogen-bond acceptors (Lipinski definition) is 4. The molecule has 0 bridgehead atoms. The molecule has 0 radical (unpaired) electrons. The largest absolute Gasteiger partial charge is 0.339 e. The van der Waals surface area contributed by atoms with Gasteiger partial charge in [0, 0.05) is 43.3 Å². The van der Waals surface area contributed by atoms with E-state index in [0.29, 0.717) is 32.7 Å². The zero-order valence-electron chi connectivity index (χ0n) is 15.4. The highest BCUT2D eigenvalue weighted by molar-refractivity contribution is 7.21. The predicted molar refractivity (Wildman–Crippen MR) is 109 cm³/mol. The number of nitrogens with one attached hydrogen (secondary N) is 1. The summed E-state index contributed by atoms with van der Waals surface area (Å²) < 4.78 is 1.15. The van der Waals surface area contributed by atoms with Gasteiger partial charge in [0.2, 0.25) is 5.91 Å². The van der Waals surface area contributed by atoms with E-state index in [0.717, 1.165) is 20.5 Å². The van der Waals surface area contributed by atoms with Gasteiger partial charge in [-0.3, -0.25) is 9.59 Å². The number of thiophene rings is 1. The molecule has 1 aromatic heterocycles. The molecule has 5 nitrogen and oxygen atoms in total. The van der Waals surface area contributed by atoms with E-state index in [2.05, 4.69) is 17.4 Å². The van der Waals surface area contributed by atoms with Gasteiger partial charge in [-0.2, -0.15) is 0 Å². The molecule has 1 atom stereocenters. The Morgan fingerprint density at radius 1 is 1.15 bits per heavy atom. The number of piperazine rings is 1. The lowest BCUT2D eigenvalue weighted by atomic mass is 10.1. The number of carbonyl (C=O) groups excluding carboxylic acids is 2. The van der Waals surface area contributed by atoms with Crippen molar-refractivity contribution in [3.63, 3.8) is 0 Å². The molecule has 1 N–H and O–H groups in total. The van der Waals surface area contributed by atoms with Crippen LogP contribution < -0.4 is 5.32 Å². The summed E-state index contributed by atoms with van der Waals surface area (Å²) in [6, 6.07) is 8.14. The van der Waals surface area contributed by atoms with Gasteiger partial charge in [-0.05, 0) is 31.0 Å². The van der Waals surface area contributed by atoms with Gasteiger partial charge < -0.3 is 15.1 Å². The van der Waals surface area contributed by atoms with Gasteiger partial charge in [-0.25, -0.2) is 0 Å². The number of nitrogens with zero attached hydrogens (tertiary/aromatic N) is 2. The predicted octanol–water partition coefficient (Wildman–Crippen LogP) is 2.77. The molecule has 26 heavy (non-hydrogen) atoms. The van der Waals surface area contributed by atoms with Crippen molar-refractivity contribution in [2.24, 2.45) is 5.92 Å². The summed E-state index contributed by atoms with van der Waals surface area (Å²) in [6.45, 7) is 7.07. The number of aryl methyl sites for hydroxylation is 1. The number of rotatable bonds is 4. The van der Waals surface area contributed by atoms with Gasteiger partial charge in [-0.15, -0.1) is 23.7 Å². The van der Waals surface area contributed by atoms with Crippen LogP contribution in [0.5, 0.6) is 0 Å². The van der Waals surface area contributed by atoms with Crippen molar-refractivity contribution in [1.29, 1.82) is 0 Å². The molecule has 0 saturated carbocycles. The van der Waals surface area contributed by atoms with Crippen molar-refractivity contribution in [3.05, 3.63) is 34.7 Å². The Kier molecular flexibility index (Phi) is 7.03. The molecule has 1 aliphatic heterocycles. The van der Waals surface area contributed by atoms with E-state index in [4.69, 9.17) is 0 Å². The molecule has 2 aromatic rings. The Hall–Kier alpha value is -1.63. The second kappa shape index (κ2) is 8.84. The zero-order chi connectivity index (χ0) is 18.0. The number of carbonyl (C=O) groups is 2. The molecule has 1 fully saturated rings. The topological polar surface area (TPSA) is 52.7 Å². The minimum atomic E-state index is -0.0305. The van der Waals surface area contributed by atoms with E-state index in [1.165, 1.54) is 0 Å². The standard InChI is InChI=1S/C19H25N3O2S.ClH/c1-13(12-20-3)18(23)21-8-10-22(11-9-21)19(24)17-14(2)15-6-4-5-7-16(15)25-17;/h4-7,13,20H,8-12H2,1-3H3;1H. The van der Waals surface area contributed by atoms with E-state index in [-0.39, 0.29) is 30.1 Å². The number of amides is 2. The monoisotopic (exact) mass is 395 g/mol. The Morgan fingerprint density at radius 2 is 1.77 bits per heavy atom. The van der Waals surface area contributed by atoms with Crippen LogP contribution in [0, 0.1) is 12.8 Å². The van der Waals surface area contributed by atoms with Crippen molar-refractivity contribution >= 4 is 45.6 Å². The SMILES string of the molecule is CNCC(C)C(=O)N1CCN(C(=O)c2sc3ccccc3c2C)CC1.Cl. The molecule has 0 aliphatic carbocycles. The van der Waals surface area contributed by atoms with Gasteiger partial charge in [0.05, 0.1) is 4.88 Å². The van der Waals surface area contributed by atoms with Crippen molar-refractivity contribution < 1.29 is 9.59 Å². The summed E-state index contributed by atoms with van der Waals surface area (Å²) in [7, 11) is 1.85. The summed E-state index contributed by atoms with van der Waals surface area (Å²) in [5, 5.41) is 4.20. The van der Waals surface area contributed by atoms with Crippen LogP contribution >= 0.6 is 23.7 Å². The van der Waals surface area contributed by atoms with Crippen LogP contribution in [-0.4, -0.2) is 61.4 Å². The summed E-state index contributed by atoms with van der Waals surface area (Å²) in [5.41, 5.74) is 1.06. The number of benzene rings is 1. The zero-order valence-corrected chi connectivity index (χ0v) is 17.1. The highest BCUT2D eigenvalue weighted by Gasteiger charge is 2.28. The molecule has 7 heteroatoms. The summed E-state index contributed by atoms with van der Waals surface area (Å²) in [6.07, 6.45) is 0. The van der Waals surface area contributed by atoms with Crippen LogP contribution in [0.25, 0.3) is 10.1 Å². The fourth-order valence-corrected chi connectivity index (χ4v) is 4.53. The molecule has 1 unspecified atom stereocenters. The fourth-order valence-electron chi connectivity index (χ4n) is 3.36. The first-order valence-corrected chi connectivity index (χ1v) is 9.55. The van der Waals surface area contributed by atoms with Gasteiger partial charge in [0.15, 0.2) is 0 Å². The van der Waals surface area contributed by atoms with Crippen LogP contribution in [0.3, 0.4) is 0 Å². The maximum Gasteiger partial charge on any atom is 0.264 e. The van der Waals surface area contributed by atoms with Crippen LogP contribution in [0.2, 0.25) is 0 Å². The van der Waals surface area contributed by atoms with Crippen LogP contribution in [0.4, 0.5) is 0 Å². The maximum atomic E-state index is 12.9. The van der Waals surface area contributed by atoms with Gasteiger partial charge >= 0.3 is 0 Å². The quantitative estimate of drug-likeness (QED) is 0.866. The minimum absolute atomic E-state index is 0. The Labute approximate surface area is 164 Å². The van der Waals surface area contributed by atoms with Crippen LogP contribution in [-0.2, 0) is 4.79 Å². The second-order valence-electron chi connectivity index (χ2n) is 6.63. The lowest BCUT2D eigenvalue weighted by Crippen LogP contribution is -2.52. The third-order valence-electron chi connectivity index (χ3n) is 4.85. The molecule has 3 rings (SSSR count). The Morgan fingerprint density at radius 3 is 2.38 bits per heavy atom. The second-order valence-corrected chi connectivity index (χ2v) is 7.68. The van der Waals surface area contributed by atoms with Crippen LogP contribution in [0.15, 0.2) is 24.3 Å². The molecule has 1 saturated heterocycles. The Balaban J connectivity index is 0.00000243. The lowest BCUT2D eigenvalue weighted by molar-refractivity contribution is -0.136. The van der Waals surface area contributed by atoms with E-state index in [1.54, 1.807) is 11.3 Å². The van der Waals surface area contributed by atoms with E-state index in [9.17, 15) is 9.59 Å². The number of fused-ring (bicyclic) bond motifs is 1. The molecule has 142 valence electrons. The third kappa shape index (κ3) is 4.03. The highest BCUT2D eigenvalue weighted by atomic mass is 35.5. The molecular formula is C19H26ClN3O2S. The van der Waals surface area contributed by atoms with E-state index >= 15 is 0 Å². The first kappa shape index (κ1) is 20.7. The third-order valence-corrected chi connectivity index (χ3v) is 6.11. The molecule has 0 spiro atoms. The van der Waals surface area contributed by atoms with Gasteiger partial charge in [0.1, 0.15) is 0 Å². The van der Waals surface area contributed by atoms with E-state index in [1.807, 2.05) is 42.8 Å². The fraction of sp³-hybridized carbons (Fsp3) is 0.474. The van der Waals surface area contributed by atoms with Gasteiger partial charge in [0.25, 0.3) is 5.91 Å². The summed E-state index contributed by atoms with van der Waals surface area (Å²) >= 11 is 1.56. The number of hydrogen-bond donors (Lipinski definition) is 1. The number of halogens is 1. The molecule has 1 aromatic carbocycles. The summed E-state index contributed by atoms with van der Waals surface area (Å²) in [5.74, 6) is 0.227. The average Bonchev–Trinajstić information content (AvgIpc) is 2.98. The first-order valence-electron chi connectivity index (χ1n) is 8.73. The maximum absolute atomic E-state index is 12.9. The average molecular weight is 396 g/mol. The van der Waals surface area contributed by atoms with Crippen LogP contribution in [0.1, 0.15) is 22.2 Å². The van der Waals surface area contributed by atoms with Crippen molar-refractivity contribution in [3.8, 4) is 0 Å². The van der Waals surface area contributed by atoms with Crippen molar-refractivity contribution in [2.45, 2.75) is 13.8 Å². The molecule has 2 amide bonds. The summed E-state index contributed by atoms with van der Waals surface area (Å²) in [4.78, 5) is 29.9. The van der Waals surface area contributed by atoms with Gasteiger partial charge in [-0.1, -0.05) is 25.1 Å².